The van der Waals surface area contributed by atoms with Crippen LogP contribution in [0.2, 0.25) is 0 Å². The van der Waals surface area contributed by atoms with Gasteiger partial charge in [0.1, 0.15) is 6.67 Å². The molecule has 0 saturated carbocycles. The van der Waals surface area contributed by atoms with Crippen molar-refractivity contribution in [2.45, 2.75) is 19.5 Å². The zero-order chi connectivity index (χ0) is 12.8. The summed E-state index contributed by atoms with van der Waals surface area (Å²) in [6.07, 6.45) is 0.248. The van der Waals surface area contributed by atoms with Gasteiger partial charge in [0, 0.05) is 6.42 Å². The van der Waals surface area contributed by atoms with Crippen molar-refractivity contribution in [1.82, 2.24) is 0 Å². The number of benzene rings is 1. The first-order valence-corrected chi connectivity index (χ1v) is 5.14. The van der Waals surface area contributed by atoms with Gasteiger partial charge in [-0.3, -0.25) is 4.79 Å². The van der Waals surface area contributed by atoms with Crippen LogP contribution in [0.1, 0.15) is 17.5 Å². The maximum absolute atomic E-state index is 12.6. The SMILES string of the molecule is COc1cc(CF)cc(CCC(=O)O)c1OC. The topological polar surface area (TPSA) is 55.8 Å². The Morgan fingerprint density at radius 1 is 1.35 bits per heavy atom. The average molecular weight is 242 g/mol. The van der Waals surface area contributed by atoms with Gasteiger partial charge in [0.2, 0.25) is 0 Å². The summed E-state index contributed by atoms with van der Waals surface area (Å²) in [5, 5.41) is 8.65. The third-order valence-corrected chi connectivity index (χ3v) is 2.38. The van der Waals surface area contributed by atoms with Crippen molar-refractivity contribution in [3.63, 3.8) is 0 Å². The van der Waals surface area contributed by atoms with E-state index in [4.69, 9.17) is 14.6 Å². The molecule has 0 spiro atoms. The van der Waals surface area contributed by atoms with E-state index in [9.17, 15) is 9.18 Å². The Morgan fingerprint density at radius 3 is 2.53 bits per heavy atom. The number of carboxylic acid groups (broad SMARTS) is 1. The van der Waals surface area contributed by atoms with Crippen molar-refractivity contribution in [1.29, 1.82) is 0 Å². The Hall–Kier alpha value is -1.78. The maximum atomic E-state index is 12.6. The lowest BCUT2D eigenvalue weighted by atomic mass is 10.0. The summed E-state index contributed by atoms with van der Waals surface area (Å²) in [5.74, 6) is -0.0225. The molecule has 0 heterocycles. The minimum absolute atomic E-state index is 0.0325. The lowest BCUT2D eigenvalue weighted by Crippen LogP contribution is -2.02. The quantitative estimate of drug-likeness (QED) is 0.830. The fourth-order valence-corrected chi connectivity index (χ4v) is 1.61. The van der Waals surface area contributed by atoms with Crippen LogP contribution in [0.25, 0.3) is 0 Å². The Morgan fingerprint density at radius 2 is 2.06 bits per heavy atom. The smallest absolute Gasteiger partial charge is 0.303 e. The van der Waals surface area contributed by atoms with Gasteiger partial charge in [0.05, 0.1) is 14.2 Å². The van der Waals surface area contributed by atoms with Gasteiger partial charge in [0.25, 0.3) is 0 Å². The molecule has 1 rings (SSSR count). The van der Waals surface area contributed by atoms with Crippen molar-refractivity contribution in [3.05, 3.63) is 23.3 Å². The first-order chi connectivity index (χ1) is 8.12. The number of carbonyl (C=O) groups is 1. The van der Waals surface area contributed by atoms with Crippen LogP contribution in [0.15, 0.2) is 12.1 Å². The number of hydrogen-bond acceptors (Lipinski definition) is 3. The predicted molar refractivity (Wildman–Crippen MR) is 60.3 cm³/mol. The van der Waals surface area contributed by atoms with Crippen LogP contribution in [0.3, 0.4) is 0 Å². The van der Waals surface area contributed by atoms with Gasteiger partial charge in [-0.15, -0.1) is 0 Å². The summed E-state index contributed by atoms with van der Waals surface area (Å²) in [7, 11) is 2.93. The molecule has 0 fully saturated rings. The summed E-state index contributed by atoms with van der Waals surface area (Å²) in [4.78, 5) is 10.5. The molecule has 17 heavy (non-hydrogen) atoms. The highest BCUT2D eigenvalue weighted by atomic mass is 19.1. The van der Waals surface area contributed by atoms with Crippen LogP contribution in [0.5, 0.6) is 11.5 Å². The second-order valence-electron chi connectivity index (χ2n) is 3.52. The zero-order valence-electron chi connectivity index (χ0n) is 9.83. The maximum Gasteiger partial charge on any atom is 0.303 e. The molecule has 4 nitrogen and oxygen atoms in total. The molecule has 0 radical (unpaired) electrons. The molecule has 5 heteroatoms. The Labute approximate surface area is 99.0 Å². The van der Waals surface area contributed by atoms with Crippen LogP contribution in [0.4, 0.5) is 4.39 Å². The molecule has 0 aliphatic carbocycles. The monoisotopic (exact) mass is 242 g/mol. The normalized spacial score (nSPS) is 10.1. The number of hydrogen-bond donors (Lipinski definition) is 1. The number of halogens is 1. The highest BCUT2D eigenvalue weighted by Gasteiger charge is 2.13. The van der Waals surface area contributed by atoms with E-state index in [1.54, 1.807) is 12.1 Å². The molecule has 1 aromatic carbocycles. The molecule has 1 aromatic rings. The predicted octanol–water partition coefficient (Wildman–Crippen LogP) is 2.19. The van der Waals surface area contributed by atoms with E-state index in [1.807, 2.05) is 0 Å². The van der Waals surface area contributed by atoms with Gasteiger partial charge in [-0.05, 0) is 29.7 Å². The standard InChI is InChI=1S/C12H15FO4/c1-16-10-6-8(7-13)5-9(12(10)17-2)3-4-11(14)15/h5-6H,3-4,7H2,1-2H3,(H,14,15). The van der Waals surface area contributed by atoms with Crippen LogP contribution >= 0.6 is 0 Å². The Kier molecular flexibility index (Phi) is 4.75. The Balaban J connectivity index is 3.10. The lowest BCUT2D eigenvalue weighted by molar-refractivity contribution is -0.136. The molecule has 0 saturated heterocycles. The zero-order valence-corrected chi connectivity index (χ0v) is 9.83. The van der Waals surface area contributed by atoms with Crippen molar-refractivity contribution >= 4 is 5.97 Å². The summed E-state index contributed by atoms with van der Waals surface area (Å²) in [5.41, 5.74) is 1.09. The lowest BCUT2D eigenvalue weighted by Gasteiger charge is -2.13. The minimum atomic E-state index is -0.906. The fourth-order valence-electron chi connectivity index (χ4n) is 1.61. The first-order valence-electron chi connectivity index (χ1n) is 5.14. The second kappa shape index (κ2) is 6.08. The minimum Gasteiger partial charge on any atom is -0.493 e. The molecule has 0 aromatic heterocycles. The number of rotatable bonds is 6. The molecular weight excluding hydrogens is 227 g/mol. The van der Waals surface area contributed by atoms with E-state index >= 15 is 0 Å². The van der Waals surface area contributed by atoms with E-state index in [2.05, 4.69) is 0 Å². The summed E-state index contributed by atoms with van der Waals surface area (Å²) in [6.45, 7) is -0.625. The van der Waals surface area contributed by atoms with Gasteiger partial charge in [-0.2, -0.15) is 0 Å². The van der Waals surface area contributed by atoms with Crippen molar-refractivity contribution in [3.8, 4) is 11.5 Å². The molecule has 0 unspecified atom stereocenters. The van der Waals surface area contributed by atoms with Crippen molar-refractivity contribution in [2.75, 3.05) is 14.2 Å². The van der Waals surface area contributed by atoms with Gasteiger partial charge in [0.15, 0.2) is 11.5 Å². The number of methoxy groups -OCH3 is 2. The van der Waals surface area contributed by atoms with Crippen molar-refractivity contribution in [2.24, 2.45) is 0 Å². The molecule has 0 aliphatic heterocycles. The number of aryl methyl sites for hydroxylation is 1. The van der Waals surface area contributed by atoms with Crippen LogP contribution in [-0.2, 0) is 17.9 Å². The van der Waals surface area contributed by atoms with Gasteiger partial charge >= 0.3 is 5.97 Å². The van der Waals surface area contributed by atoms with E-state index in [0.29, 0.717) is 22.6 Å². The molecule has 0 amide bonds. The summed E-state index contributed by atoms with van der Waals surface area (Å²) in [6, 6.07) is 3.15. The summed E-state index contributed by atoms with van der Waals surface area (Å²) < 4.78 is 22.9. The largest absolute Gasteiger partial charge is 0.493 e. The van der Waals surface area contributed by atoms with Crippen molar-refractivity contribution < 1.29 is 23.8 Å². The molecule has 0 bridgehead atoms. The third kappa shape index (κ3) is 3.34. The molecule has 1 N–H and O–H groups in total. The van der Waals surface area contributed by atoms with E-state index in [0.717, 1.165) is 0 Å². The van der Waals surface area contributed by atoms with E-state index in [1.165, 1.54) is 14.2 Å². The highest BCUT2D eigenvalue weighted by Crippen LogP contribution is 2.33. The van der Waals surface area contributed by atoms with Gasteiger partial charge in [-0.25, -0.2) is 4.39 Å². The molecule has 94 valence electrons. The van der Waals surface area contributed by atoms with E-state index in [-0.39, 0.29) is 12.8 Å². The molecule has 0 atom stereocenters. The first kappa shape index (κ1) is 13.3. The van der Waals surface area contributed by atoms with Gasteiger partial charge < -0.3 is 14.6 Å². The Bertz CT molecular complexity index is 404. The highest BCUT2D eigenvalue weighted by molar-refractivity contribution is 5.67. The second-order valence-corrected chi connectivity index (χ2v) is 3.52. The number of ether oxygens (including phenoxy) is 2. The summed E-state index contributed by atoms with van der Waals surface area (Å²) >= 11 is 0. The van der Waals surface area contributed by atoms with Crippen LogP contribution < -0.4 is 9.47 Å². The van der Waals surface area contributed by atoms with Gasteiger partial charge in [-0.1, -0.05) is 0 Å². The number of alkyl halides is 1. The molecule has 0 aliphatic rings. The van der Waals surface area contributed by atoms with E-state index < -0.39 is 12.6 Å². The molecular formula is C12H15FO4. The fraction of sp³-hybridized carbons (Fsp3) is 0.417. The number of carboxylic acids is 1. The van der Waals surface area contributed by atoms with Crippen LogP contribution in [-0.4, -0.2) is 25.3 Å². The number of aliphatic carboxylic acids is 1. The van der Waals surface area contributed by atoms with Crippen LogP contribution in [0, 0.1) is 0 Å². The average Bonchev–Trinajstić information content (AvgIpc) is 2.34. The third-order valence-electron chi connectivity index (χ3n) is 2.38.